The van der Waals surface area contributed by atoms with Crippen LogP contribution in [0.5, 0.6) is 0 Å². The summed E-state index contributed by atoms with van der Waals surface area (Å²) in [5.41, 5.74) is 9.06. The van der Waals surface area contributed by atoms with Crippen LogP contribution in [-0.2, 0) is 0 Å². The molecule has 0 radical (unpaired) electrons. The molecule has 0 bridgehead atoms. The number of imidazole rings is 2. The molecule has 6 nitrogen and oxygen atoms in total. The van der Waals surface area contributed by atoms with Gasteiger partial charge in [0, 0.05) is 22.5 Å². The summed E-state index contributed by atoms with van der Waals surface area (Å²) < 4.78 is 0. The Balaban J connectivity index is 1.21. The third-order valence-electron chi connectivity index (χ3n) is 7.24. The number of nitrogens with zero attached hydrogens (tertiary/aromatic N) is 2. The number of aryl methyl sites for hydroxylation is 2. The first kappa shape index (κ1) is 21.3. The Labute approximate surface area is 200 Å². The molecule has 2 aromatic carbocycles. The lowest BCUT2D eigenvalue weighted by Crippen LogP contribution is -2.14. The van der Waals surface area contributed by atoms with Crippen LogP contribution in [0.15, 0.2) is 48.5 Å². The van der Waals surface area contributed by atoms with E-state index in [0.29, 0.717) is 12.1 Å². The van der Waals surface area contributed by atoms with Crippen LogP contribution < -0.4 is 10.6 Å². The van der Waals surface area contributed by atoms with Crippen LogP contribution >= 0.6 is 0 Å². The fraction of sp³-hybridized carbons (Fsp3) is 0.357. The zero-order valence-electron chi connectivity index (χ0n) is 19.9. The molecule has 6 heteroatoms. The summed E-state index contributed by atoms with van der Waals surface area (Å²) >= 11 is 0. The number of nitrogens with one attached hydrogen (secondary N) is 4. The van der Waals surface area contributed by atoms with Gasteiger partial charge in [-0.15, -0.1) is 0 Å². The highest BCUT2D eigenvalue weighted by atomic mass is 15.1. The fourth-order valence-corrected chi connectivity index (χ4v) is 5.34. The van der Waals surface area contributed by atoms with Crippen molar-refractivity contribution in [1.29, 1.82) is 0 Å². The molecule has 2 aliphatic heterocycles. The van der Waals surface area contributed by atoms with Crippen LogP contribution in [0.4, 0.5) is 0 Å². The highest BCUT2D eigenvalue weighted by molar-refractivity contribution is 5.72. The predicted octanol–water partition coefficient (Wildman–Crippen LogP) is 5.60. The third-order valence-corrected chi connectivity index (χ3v) is 7.24. The molecule has 0 unspecified atom stereocenters. The van der Waals surface area contributed by atoms with Gasteiger partial charge < -0.3 is 20.6 Å². The van der Waals surface area contributed by atoms with E-state index >= 15 is 0 Å². The van der Waals surface area contributed by atoms with Gasteiger partial charge in [-0.05, 0) is 63.7 Å². The van der Waals surface area contributed by atoms with Crippen LogP contribution in [-0.4, -0.2) is 33.0 Å². The maximum absolute atomic E-state index is 4.92. The van der Waals surface area contributed by atoms with Gasteiger partial charge in [-0.3, -0.25) is 0 Å². The van der Waals surface area contributed by atoms with Crippen LogP contribution in [0.2, 0.25) is 0 Å². The predicted molar refractivity (Wildman–Crippen MR) is 136 cm³/mol. The van der Waals surface area contributed by atoms with Crippen molar-refractivity contribution in [2.24, 2.45) is 0 Å². The number of benzene rings is 2. The standard InChI is InChI=1S/C28H32N6/c1-17-25(33-27(31-17)23-5-3-15-29-23)21-11-7-19(8-12-21)20-9-13-22(14-10-20)26-18(2)32-28(34-26)24-6-4-16-30-24/h7-14,23-24,29-30H,3-6,15-16H2,1-2H3,(H,31,33)(H,32,34)/t23-,24+. The normalized spacial score (nSPS) is 20.3. The topological polar surface area (TPSA) is 81.4 Å². The number of aromatic nitrogens is 4. The molecule has 2 saturated heterocycles. The van der Waals surface area contributed by atoms with Gasteiger partial charge in [-0.2, -0.15) is 0 Å². The van der Waals surface area contributed by atoms with Crippen LogP contribution in [0.25, 0.3) is 33.6 Å². The van der Waals surface area contributed by atoms with Gasteiger partial charge in [0.1, 0.15) is 11.6 Å². The smallest absolute Gasteiger partial charge is 0.124 e. The number of aromatic amines is 2. The quantitative estimate of drug-likeness (QED) is 0.318. The molecule has 0 spiro atoms. The zero-order valence-corrected chi connectivity index (χ0v) is 19.9. The van der Waals surface area contributed by atoms with Crippen LogP contribution in [0, 0.1) is 13.8 Å². The van der Waals surface area contributed by atoms with E-state index in [1.165, 1.54) is 24.0 Å². The fourth-order valence-electron chi connectivity index (χ4n) is 5.34. The molecule has 0 saturated carbocycles. The van der Waals surface area contributed by atoms with Crippen LogP contribution in [0.3, 0.4) is 0 Å². The van der Waals surface area contributed by atoms with Crippen molar-refractivity contribution in [1.82, 2.24) is 30.6 Å². The Kier molecular flexibility index (Phi) is 5.55. The first-order valence-corrected chi connectivity index (χ1v) is 12.5. The Bertz CT molecular complexity index is 1170. The van der Waals surface area contributed by atoms with E-state index in [-0.39, 0.29) is 0 Å². The largest absolute Gasteiger partial charge is 0.344 e. The van der Waals surface area contributed by atoms with E-state index in [1.54, 1.807) is 0 Å². The number of hydrogen-bond donors (Lipinski definition) is 4. The Morgan fingerprint density at radius 3 is 1.32 bits per heavy atom. The minimum atomic E-state index is 0.355. The summed E-state index contributed by atoms with van der Waals surface area (Å²) in [5.74, 6) is 2.12. The second kappa shape index (κ2) is 8.85. The molecule has 4 heterocycles. The second-order valence-electron chi connectivity index (χ2n) is 9.64. The van der Waals surface area contributed by atoms with Crippen LogP contribution in [0.1, 0.15) is 60.8 Å². The lowest BCUT2D eigenvalue weighted by atomic mass is 10.0. The van der Waals surface area contributed by atoms with Crippen molar-refractivity contribution in [3.63, 3.8) is 0 Å². The third kappa shape index (κ3) is 3.97. The van der Waals surface area contributed by atoms with Gasteiger partial charge in [0.2, 0.25) is 0 Å². The molecule has 6 rings (SSSR count). The van der Waals surface area contributed by atoms with Gasteiger partial charge >= 0.3 is 0 Å². The molecule has 34 heavy (non-hydrogen) atoms. The number of hydrogen-bond acceptors (Lipinski definition) is 4. The summed E-state index contributed by atoms with van der Waals surface area (Å²) in [6, 6.07) is 18.2. The molecule has 0 amide bonds. The summed E-state index contributed by atoms with van der Waals surface area (Å²) in [4.78, 5) is 16.8. The average molecular weight is 453 g/mol. The van der Waals surface area contributed by atoms with E-state index in [4.69, 9.17) is 9.97 Å². The minimum Gasteiger partial charge on any atom is -0.344 e. The number of H-pyrrole nitrogens is 2. The molecule has 0 aliphatic carbocycles. The molecule has 4 N–H and O–H groups in total. The van der Waals surface area contributed by atoms with E-state index < -0.39 is 0 Å². The molecule has 174 valence electrons. The van der Waals surface area contributed by atoms with Gasteiger partial charge in [0.15, 0.2) is 0 Å². The zero-order chi connectivity index (χ0) is 23.1. The molecule has 2 aromatic heterocycles. The molecular formula is C28H32N6. The molecule has 4 aromatic rings. The van der Waals surface area contributed by atoms with Crippen molar-refractivity contribution in [2.45, 2.75) is 51.6 Å². The van der Waals surface area contributed by atoms with E-state index in [9.17, 15) is 0 Å². The lowest BCUT2D eigenvalue weighted by Gasteiger charge is -2.06. The van der Waals surface area contributed by atoms with Crippen molar-refractivity contribution in [3.8, 4) is 33.6 Å². The monoisotopic (exact) mass is 452 g/mol. The SMILES string of the molecule is Cc1[nH]c([C@@H]2CCCN2)nc1-c1ccc(-c2ccc(-c3nc([C@H]4CCCN4)[nH]c3C)cc2)cc1. The maximum atomic E-state index is 4.92. The van der Waals surface area contributed by atoms with E-state index in [1.807, 2.05) is 0 Å². The Morgan fingerprint density at radius 1 is 0.588 bits per heavy atom. The van der Waals surface area contributed by atoms with Gasteiger partial charge in [-0.25, -0.2) is 9.97 Å². The summed E-state index contributed by atoms with van der Waals surface area (Å²) in [5, 5.41) is 7.05. The van der Waals surface area contributed by atoms with E-state index in [2.05, 4.69) is 83.0 Å². The summed E-state index contributed by atoms with van der Waals surface area (Å²) in [6.07, 6.45) is 4.73. The maximum Gasteiger partial charge on any atom is 0.124 e. The van der Waals surface area contributed by atoms with E-state index in [0.717, 1.165) is 71.5 Å². The molecule has 2 atom stereocenters. The average Bonchev–Trinajstić information content (AvgIpc) is 3.66. The van der Waals surface area contributed by atoms with Gasteiger partial charge in [0.25, 0.3) is 0 Å². The molecule has 2 aliphatic rings. The Hall–Kier alpha value is -3.22. The lowest BCUT2D eigenvalue weighted by molar-refractivity contribution is 0.612. The van der Waals surface area contributed by atoms with Crippen molar-refractivity contribution < 1.29 is 0 Å². The first-order chi connectivity index (χ1) is 16.7. The van der Waals surface area contributed by atoms with Crippen molar-refractivity contribution in [2.75, 3.05) is 13.1 Å². The van der Waals surface area contributed by atoms with Crippen molar-refractivity contribution in [3.05, 3.63) is 71.6 Å². The minimum absolute atomic E-state index is 0.355. The first-order valence-electron chi connectivity index (χ1n) is 12.5. The molecule has 2 fully saturated rings. The van der Waals surface area contributed by atoms with Gasteiger partial charge in [-0.1, -0.05) is 48.5 Å². The van der Waals surface area contributed by atoms with Gasteiger partial charge in [0.05, 0.1) is 23.5 Å². The molecular weight excluding hydrogens is 420 g/mol. The second-order valence-corrected chi connectivity index (χ2v) is 9.64. The summed E-state index contributed by atoms with van der Waals surface area (Å²) in [6.45, 7) is 6.37. The highest BCUT2D eigenvalue weighted by Crippen LogP contribution is 2.31. The van der Waals surface area contributed by atoms with Crippen molar-refractivity contribution >= 4 is 0 Å². The highest BCUT2D eigenvalue weighted by Gasteiger charge is 2.22. The number of rotatable bonds is 5. The summed E-state index contributed by atoms with van der Waals surface area (Å²) in [7, 11) is 0. The Morgan fingerprint density at radius 2 is 0.971 bits per heavy atom.